The number of amides is 2. The molecule has 0 fully saturated rings. The summed E-state index contributed by atoms with van der Waals surface area (Å²) in [7, 11) is 0. The van der Waals surface area contributed by atoms with Crippen LogP contribution >= 0.6 is 34.8 Å². The molecule has 2 amide bonds. The van der Waals surface area contributed by atoms with Crippen LogP contribution in [0.2, 0.25) is 15.1 Å². The second-order valence-electron chi connectivity index (χ2n) is 4.21. The first-order valence-electron chi connectivity index (χ1n) is 5.63. The summed E-state index contributed by atoms with van der Waals surface area (Å²) in [6.07, 6.45) is 0. The molecule has 0 aromatic heterocycles. The lowest BCUT2D eigenvalue weighted by Crippen LogP contribution is -2.29. The van der Waals surface area contributed by atoms with E-state index in [0.29, 0.717) is 11.1 Å². The minimum atomic E-state index is -0.425. The maximum atomic E-state index is 12.3. The minimum absolute atomic E-state index is 0.189. The second kappa shape index (κ2) is 4.77. The lowest BCUT2D eigenvalue weighted by molar-refractivity contribution is 0.0926. The number of carbonyl (C=O) groups excluding carboxylic acids is 2. The van der Waals surface area contributed by atoms with Gasteiger partial charge in [0.25, 0.3) is 11.8 Å². The van der Waals surface area contributed by atoms with Crippen molar-refractivity contribution >= 4 is 52.3 Å². The third-order valence-corrected chi connectivity index (χ3v) is 4.05. The van der Waals surface area contributed by atoms with Crippen LogP contribution in [-0.2, 0) is 0 Å². The number of nitrogens with zero attached hydrogens (tertiary/aromatic N) is 1. The highest BCUT2D eigenvalue weighted by atomic mass is 35.5. The molecule has 0 N–H and O–H groups in total. The van der Waals surface area contributed by atoms with Crippen molar-refractivity contribution in [3.05, 3.63) is 62.6 Å². The Balaban J connectivity index is 2.17. The number of anilines is 1. The highest BCUT2D eigenvalue weighted by molar-refractivity contribution is 6.45. The largest absolute Gasteiger partial charge is 0.268 e. The van der Waals surface area contributed by atoms with E-state index >= 15 is 0 Å². The molecule has 0 spiro atoms. The van der Waals surface area contributed by atoms with Crippen LogP contribution in [0.1, 0.15) is 20.7 Å². The molecule has 0 unspecified atom stereocenters. The molecule has 1 heterocycles. The molecule has 100 valence electrons. The van der Waals surface area contributed by atoms with Crippen molar-refractivity contribution in [3.8, 4) is 0 Å². The summed E-state index contributed by atoms with van der Waals surface area (Å²) >= 11 is 17.8. The molecule has 0 atom stereocenters. The van der Waals surface area contributed by atoms with Crippen LogP contribution < -0.4 is 4.90 Å². The Hall–Kier alpha value is -1.55. The van der Waals surface area contributed by atoms with Crippen molar-refractivity contribution in [1.82, 2.24) is 0 Å². The fourth-order valence-corrected chi connectivity index (χ4v) is 2.72. The van der Waals surface area contributed by atoms with Gasteiger partial charge in [-0.05, 0) is 24.3 Å². The highest BCUT2D eigenvalue weighted by Crippen LogP contribution is 2.38. The third kappa shape index (κ3) is 1.90. The van der Waals surface area contributed by atoms with Crippen LogP contribution in [0, 0.1) is 0 Å². The standard InChI is InChI=1S/C14H6Cl3NO2/c15-9-5-11(17)12(6-10(9)16)18-13(19)7-3-1-2-4-8(7)14(18)20/h1-6H. The van der Waals surface area contributed by atoms with Gasteiger partial charge >= 0.3 is 0 Å². The Morgan fingerprint density at radius 2 is 1.25 bits per heavy atom. The maximum Gasteiger partial charge on any atom is 0.266 e. The van der Waals surface area contributed by atoms with Gasteiger partial charge in [-0.2, -0.15) is 0 Å². The molecule has 2 aromatic carbocycles. The molecule has 6 heteroatoms. The van der Waals surface area contributed by atoms with E-state index < -0.39 is 11.8 Å². The van der Waals surface area contributed by atoms with Gasteiger partial charge in [0, 0.05) is 0 Å². The molecular formula is C14H6Cl3NO2. The number of hydrogen-bond donors (Lipinski definition) is 0. The number of imide groups is 1. The van der Waals surface area contributed by atoms with Gasteiger partial charge in [-0.1, -0.05) is 46.9 Å². The fraction of sp³-hybridized carbons (Fsp3) is 0. The van der Waals surface area contributed by atoms with Gasteiger partial charge in [-0.3, -0.25) is 9.59 Å². The van der Waals surface area contributed by atoms with Crippen molar-refractivity contribution in [1.29, 1.82) is 0 Å². The van der Waals surface area contributed by atoms with Gasteiger partial charge in [0.05, 0.1) is 31.9 Å². The normalized spacial score (nSPS) is 13.8. The molecule has 1 aliphatic heterocycles. The summed E-state index contributed by atoms with van der Waals surface area (Å²) < 4.78 is 0. The first-order valence-corrected chi connectivity index (χ1v) is 6.76. The zero-order chi connectivity index (χ0) is 14.4. The molecule has 3 rings (SSSR count). The van der Waals surface area contributed by atoms with Crippen molar-refractivity contribution in [2.45, 2.75) is 0 Å². The molecule has 0 saturated heterocycles. The quantitative estimate of drug-likeness (QED) is 0.573. The smallest absolute Gasteiger partial charge is 0.266 e. The van der Waals surface area contributed by atoms with E-state index in [1.807, 2.05) is 0 Å². The van der Waals surface area contributed by atoms with Gasteiger partial charge in [0.2, 0.25) is 0 Å². The summed E-state index contributed by atoms with van der Waals surface area (Å²) in [5.74, 6) is -0.850. The number of benzene rings is 2. The first-order chi connectivity index (χ1) is 9.50. The van der Waals surface area contributed by atoms with Crippen LogP contribution in [-0.4, -0.2) is 11.8 Å². The van der Waals surface area contributed by atoms with E-state index in [1.54, 1.807) is 24.3 Å². The Morgan fingerprint density at radius 1 is 0.750 bits per heavy atom. The molecular weight excluding hydrogens is 321 g/mol. The number of rotatable bonds is 1. The SMILES string of the molecule is O=C1c2ccccc2C(=O)N1c1cc(Cl)c(Cl)cc1Cl. The molecule has 0 saturated carbocycles. The van der Waals surface area contributed by atoms with Crippen LogP contribution in [0.3, 0.4) is 0 Å². The average Bonchev–Trinajstić information content (AvgIpc) is 2.68. The van der Waals surface area contributed by atoms with Crippen LogP contribution in [0.15, 0.2) is 36.4 Å². The molecule has 2 aromatic rings. The maximum absolute atomic E-state index is 12.3. The minimum Gasteiger partial charge on any atom is -0.268 e. The van der Waals surface area contributed by atoms with Crippen molar-refractivity contribution in [3.63, 3.8) is 0 Å². The monoisotopic (exact) mass is 325 g/mol. The number of fused-ring (bicyclic) bond motifs is 1. The van der Waals surface area contributed by atoms with Gasteiger partial charge in [0.15, 0.2) is 0 Å². The molecule has 20 heavy (non-hydrogen) atoms. The molecule has 0 radical (unpaired) electrons. The second-order valence-corrected chi connectivity index (χ2v) is 5.43. The Labute approximate surface area is 129 Å². The zero-order valence-corrected chi connectivity index (χ0v) is 12.1. The van der Waals surface area contributed by atoms with Crippen LogP contribution in [0.5, 0.6) is 0 Å². The first kappa shape index (κ1) is 13.4. The van der Waals surface area contributed by atoms with E-state index in [1.165, 1.54) is 12.1 Å². The predicted molar refractivity (Wildman–Crippen MR) is 79.1 cm³/mol. The van der Waals surface area contributed by atoms with Crippen molar-refractivity contribution in [2.75, 3.05) is 4.90 Å². The topological polar surface area (TPSA) is 37.4 Å². The van der Waals surface area contributed by atoms with Crippen molar-refractivity contribution < 1.29 is 9.59 Å². The summed E-state index contributed by atoms with van der Waals surface area (Å²) in [6.45, 7) is 0. The molecule has 0 aliphatic carbocycles. The molecule has 3 nitrogen and oxygen atoms in total. The highest BCUT2D eigenvalue weighted by Gasteiger charge is 2.37. The number of carbonyl (C=O) groups is 2. The number of halogens is 3. The van der Waals surface area contributed by atoms with Gasteiger partial charge in [-0.25, -0.2) is 4.90 Å². The summed E-state index contributed by atoms with van der Waals surface area (Å²) in [4.78, 5) is 25.7. The van der Waals surface area contributed by atoms with E-state index in [2.05, 4.69) is 0 Å². The summed E-state index contributed by atoms with van der Waals surface area (Å²) in [6, 6.07) is 9.41. The Kier molecular flexibility index (Phi) is 3.21. The van der Waals surface area contributed by atoms with Gasteiger partial charge < -0.3 is 0 Å². The Bertz CT molecular complexity index is 723. The summed E-state index contributed by atoms with van der Waals surface area (Å²) in [5, 5.41) is 0.675. The Morgan fingerprint density at radius 3 is 1.80 bits per heavy atom. The van der Waals surface area contributed by atoms with E-state index in [0.717, 1.165) is 4.90 Å². The van der Waals surface area contributed by atoms with E-state index in [-0.39, 0.29) is 20.8 Å². The molecule has 0 bridgehead atoms. The van der Waals surface area contributed by atoms with Crippen LogP contribution in [0.25, 0.3) is 0 Å². The van der Waals surface area contributed by atoms with E-state index in [4.69, 9.17) is 34.8 Å². The van der Waals surface area contributed by atoms with E-state index in [9.17, 15) is 9.59 Å². The van der Waals surface area contributed by atoms with Gasteiger partial charge in [-0.15, -0.1) is 0 Å². The lowest BCUT2D eigenvalue weighted by Gasteiger charge is -2.16. The fourth-order valence-electron chi connectivity index (χ4n) is 2.09. The zero-order valence-electron chi connectivity index (χ0n) is 9.86. The number of hydrogen-bond acceptors (Lipinski definition) is 2. The van der Waals surface area contributed by atoms with Crippen LogP contribution in [0.4, 0.5) is 5.69 Å². The predicted octanol–water partition coefficient (Wildman–Crippen LogP) is 4.45. The molecule has 1 aliphatic rings. The lowest BCUT2D eigenvalue weighted by atomic mass is 10.1. The summed E-state index contributed by atoms with van der Waals surface area (Å²) in [5.41, 5.74) is 0.923. The van der Waals surface area contributed by atoms with Gasteiger partial charge in [0.1, 0.15) is 0 Å². The third-order valence-electron chi connectivity index (χ3n) is 3.02. The average molecular weight is 327 g/mol. The van der Waals surface area contributed by atoms with Crippen molar-refractivity contribution in [2.24, 2.45) is 0 Å².